The molecule has 0 radical (unpaired) electrons. The Morgan fingerprint density at radius 3 is 0.739 bits per heavy atom. The zero-order chi connectivity index (χ0) is 67.9. The van der Waals surface area contributed by atoms with Crippen molar-refractivity contribution < 1.29 is 80.2 Å². The van der Waals surface area contributed by atoms with Gasteiger partial charge in [-0.3, -0.25) is 37.3 Å². The number of aliphatic hydroxyl groups excluding tert-OH is 1. The highest BCUT2D eigenvalue weighted by Crippen LogP contribution is 2.45. The number of aliphatic hydroxyl groups is 1. The smallest absolute Gasteiger partial charge is 0.462 e. The van der Waals surface area contributed by atoms with E-state index in [1.807, 2.05) is 0 Å². The molecule has 3 N–H and O–H groups in total. The lowest BCUT2D eigenvalue weighted by molar-refractivity contribution is -0.161. The minimum atomic E-state index is -4.95. The Bertz CT molecular complexity index is 1790. The Hall–Kier alpha value is -1.94. The van der Waals surface area contributed by atoms with Crippen LogP contribution in [0.25, 0.3) is 0 Å². The number of unbranched alkanes of at least 4 members (excludes halogenated alkanes) is 42. The molecule has 17 nitrogen and oxygen atoms in total. The van der Waals surface area contributed by atoms with Gasteiger partial charge in [-0.25, -0.2) is 9.13 Å². The van der Waals surface area contributed by atoms with Crippen molar-refractivity contribution in [2.24, 2.45) is 11.8 Å². The van der Waals surface area contributed by atoms with Gasteiger partial charge in [-0.2, -0.15) is 0 Å². The summed E-state index contributed by atoms with van der Waals surface area (Å²) in [6, 6.07) is 0. The van der Waals surface area contributed by atoms with E-state index in [1.54, 1.807) is 0 Å². The molecule has 5 atom stereocenters. The highest BCUT2D eigenvalue weighted by atomic mass is 31.2. The Morgan fingerprint density at radius 1 is 0.293 bits per heavy atom. The van der Waals surface area contributed by atoms with Gasteiger partial charge >= 0.3 is 39.5 Å². The molecule has 0 aliphatic rings. The number of carbonyl (C=O) groups is 4. The standard InChI is InChI=1S/C73H142O17P2/c1-7-9-11-13-15-17-24-33-39-45-51-57-72(77)89-68(61-83-70(75)55-49-43-37-29-16-14-12-10-8-2)63-87-91(79,80)85-59-67(74)60-86-92(81,82)88-64-69(62-84-71(76)56-50-44-38-32-28-27-31-36-42-48-54-66(5)6)90-73(78)58-52-46-40-34-26-23-21-19-18-20-22-25-30-35-41-47-53-65(3)4/h65-69,74H,7-64H2,1-6H3,(H,79,80)(H,81,82)/t67-,68+,69+/m0/s1. The quantitative estimate of drug-likeness (QED) is 0.0222. The van der Waals surface area contributed by atoms with E-state index in [4.69, 9.17) is 37.0 Å². The molecule has 0 saturated heterocycles. The molecule has 92 heavy (non-hydrogen) atoms. The van der Waals surface area contributed by atoms with Gasteiger partial charge in [0.25, 0.3) is 0 Å². The summed E-state index contributed by atoms with van der Waals surface area (Å²) in [6.07, 6.45) is 51.3. The molecule has 0 spiro atoms. The van der Waals surface area contributed by atoms with Crippen LogP contribution in [0.15, 0.2) is 0 Å². The first kappa shape index (κ1) is 90.1. The van der Waals surface area contributed by atoms with Gasteiger partial charge < -0.3 is 33.8 Å². The van der Waals surface area contributed by atoms with Crippen molar-refractivity contribution in [1.82, 2.24) is 0 Å². The number of esters is 4. The third-order valence-corrected chi connectivity index (χ3v) is 18.9. The molecule has 0 heterocycles. The normalized spacial score (nSPS) is 14.1. The van der Waals surface area contributed by atoms with Gasteiger partial charge in [-0.05, 0) is 37.5 Å². The van der Waals surface area contributed by atoms with E-state index in [-0.39, 0.29) is 25.7 Å². The largest absolute Gasteiger partial charge is 0.472 e. The van der Waals surface area contributed by atoms with Crippen molar-refractivity contribution in [3.8, 4) is 0 Å². The van der Waals surface area contributed by atoms with Crippen LogP contribution in [0.4, 0.5) is 0 Å². The van der Waals surface area contributed by atoms with Crippen molar-refractivity contribution in [1.29, 1.82) is 0 Å². The van der Waals surface area contributed by atoms with Gasteiger partial charge in [0.05, 0.1) is 26.4 Å². The predicted molar refractivity (Wildman–Crippen MR) is 372 cm³/mol. The SMILES string of the molecule is CCCCCCCCCCCCCC(=O)O[C@H](COC(=O)CCCCCCCCCCC)COP(=O)(O)OC[C@H](O)COP(=O)(O)OC[C@@H](COC(=O)CCCCCCCCCCCCC(C)C)OC(=O)CCCCCCCCCCCCCCCCCCC(C)C. The molecule has 0 fully saturated rings. The Labute approximate surface area is 562 Å². The maximum absolute atomic E-state index is 13.1. The summed E-state index contributed by atoms with van der Waals surface area (Å²) in [4.78, 5) is 72.6. The van der Waals surface area contributed by atoms with E-state index < -0.39 is 97.5 Å². The summed E-state index contributed by atoms with van der Waals surface area (Å²) >= 11 is 0. The van der Waals surface area contributed by atoms with Crippen LogP contribution in [-0.4, -0.2) is 96.7 Å². The summed E-state index contributed by atoms with van der Waals surface area (Å²) in [5.74, 6) is -0.552. The summed E-state index contributed by atoms with van der Waals surface area (Å²) < 4.78 is 68.3. The fourth-order valence-electron chi connectivity index (χ4n) is 11.1. The lowest BCUT2D eigenvalue weighted by Crippen LogP contribution is -2.30. The fourth-order valence-corrected chi connectivity index (χ4v) is 12.7. The fraction of sp³-hybridized carbons (Fsp3) is 0.945. The number of hydrogen-bond acceptors (Lipinski definition) is 15. The molecule has 0 saturated carbocycles. The second-order valence-electron chi connectivity index (χ2n) is 27.3. The zero-order valence-corrected chi connectivity index (χ0v) is 61.6. The first-order valence-corrected chi connectivity index (χ1v) is 41.0. The minimum Gasteiger partial charge on any atom is -0.462 e. The average Bonchev–Trinajstić information content (AvgIpc) is 3.57. The number of phosphoric acid groups is 2. The second kappa shape index (κ2) is 65.0. The monoisotopic (exact) mass is 1350 g/mol. The van der Waals surface area contributed by atoms with Crippen molar-refractivity contribution in [3.63, 3.8) is 0 Å². The van der Waals surface area contributed by atoms with Gasteiger partial charge in [-0.15, -0.1) is 0 Å². The molecule has 19 heteroatoms. The number of phosphoric ester groups is 2. The van der Waals surface area contributed by atoms with E-state index in [1.165, 1.54) is 193 Å². The van der Waals surface area contributed by atoms with Crippen molar-refractivity contribution in [2.75, 3.05) is 39.6 Å². The minimum absolute atomic E-state index is 0.107. The van der Waals surface area contributed by atoms with Crippen LogP contribution in [0.3, 0.4) is 0 Å². The maximum atomic E-state index is 13.1. The van der Waals surface area contributed by atoms with E-state index in [2.05, 4.69) is 41.5 Å². The molecule has 0 aromatic carbocycles. The molecular formula is C73H142O17P2. The van der Waals surface area contributed by atoms with Gasteiger partial charge in [0, 0.05) is 25.7 Å². The van der Waals surface area contributed by atoms with Crippen LogP contribution in [0.2, 0.25) is 0 Å². The first-order valence-electron chi connectivity index (χ1n) is 38.0. The highest BCUT2D eigenvalue weighted by Gasteiger charge is 2.30. The van der Waals surface area contributed by atoms with Crippen LogP contribution < -0.4 is 0 Å². The third kappa shape index (κ3) is 66.7. The van der Waals surface area contributed by atoms with E-state index in [9.17, 15) is 43.2 Å². The summed E-state index contributed by atoms with van der Waals surface area (Å²) in [5, 5.41) is 10.6. The Kier molecular flexibility index (Phi) is 63.7. The van der Waals surface area contributed by atoms with E-state index in [0.717, 1.165) is 102 Å². The lowest BCUT2D eigenvalue weighted by Gasteiger charge is -2.21. The third-order valence-electron chi connectivity index (χ3n) is 17.0. The Balaban J connectivity index is 5.21. The van der Waals surface area contributed by atoms with E-state index >= 15 is 0 Å². The van der Waals surface area contributed by atoms with Gasteiger partial charge in [-0.1, -0.05) is 324 Å². The molecule has 0 amide bonds. The molecular weight excluding hydrogens is 1210 g/mol. The van der Waals surface area contributed by atoms with Gasteiger partial charge in [0.15, 0.2) is 12.2 Å². The van der Waals surface area contributed by atoms with Crippen LogP contribution in [0.5, 0.6) is 0 Å². The Morgan fingerprint density at radius 2 is 0.500 bits per heavy atom. The highest BCUT2D eigenvalue weighted by molar-refractivity contribution is 7.47. The van der Waals surface area contributed by atoms with Crippen LogP contribution in [0, 0.1) is 11.8 Å². The molecule has 0 bridgehead atoms. The number of hydrogen-bond donors (Lipinski definition) is 3. The van der Waals surface area contributed by atoms with Crippen molar-refractivity contribution >= 4 is 39.5 Å². The van der Waals surface area contributed by atoms with Crippen molar-refractivity contribution in [3.05, 3.63) is 0 Å². The van der Waals surface area contributed by atoms with Gasteiger partial charge in [0.2, 0.25) is 0 Å². The topological polar surface area (TPSA) is 237 Å². The van der Waals surface area contributed by atoms with Crippen LogP contribution in [-0.2, 0) is 65.4 Å². The summed E-state index contributed by atoms with van der Waals surface area (Å²) in [6.45, 7) is 9.58. The molecule has 0 aliphatic carbocycles. The first-order chi connectivity index (χ1) is 44.4. The maximum Gasteiger partial charge on any atom is 0.472 e. The number of ether oxygens (including phenoxy) is 4. The second-order valence-corrected chi connectivity index (χ2v) is 30.2. The zero-order valence-electron chi connectivity index (χ0n) is 59.9. The summed E-state index contributed by atoms with van der Waals surface area (Å²) in [7, 11) is -9.90. The molecule has 0 aromatic rings. The summed E-state index contributed by atoms with van der Waals surface area (Å²) in [5.41, 5.74) is 0. The molecule has 0 rings (SSSR count). The molecule has 0 aromatic heterocycles. The average molecular weight is 1350 g/mol. The lowest BCUT2D eigenvalue weighted by atomic mass is 10.0. The van der Waals surface area contributed by atoms with Crippen LogP contribution >= 0.6 is 15.6 Å². The number of carbonyl (C=O) groups excluding carboxylic acids is 4. The molecule has 0 aliphatic heterocycles. The molecule has 546 valence electrons. The van der Waals surface area contributed by atoms with Crippen LogP contribution in [0.1, 0.15) is 375 Å². The van der Waals surface area contributed by atoms with Gasteiger partial charge in [0.1, 0.15) is 19.3 Å². The number of rotatable bonds is 72. The predicted octanol–water partition coefficient (Wildman–Crippen LogP) is 21.2. The van der Waals surface area contributed by atoms with Crippen molar-refractivity contribution in [2.45, 2.75) is 394 Å². The molecule has 2 unspecified atom stereocenters. The van der Waals surface area contributed by atoms with E-state index in [0.29, 0.717) is 25.7 Å².